The fourth-order valence-corrected chi connectivity index (χ4v) is 4.50. The quantitative estimate of drug-likeness (QED) is 0.651. The first-order chi connectivity index (χ1) is 17.2. The number of benzene rings is 1. The molecule has 0 unspecified atom stereocenters. The number of nitriles is 1. The second kappa shape index (κ2) is 11.1. The highest BCUT2D eigenvalue weighted by atomic mass is 19.4. The molecule has 4 rings (SSSR count). The van der Waals surface area contributed by atoms with Crippen LogP contribution in [0.2, 0.25) is 0 Å². The van der Waals surface area contributed by atoms with Gasteiger partial charge in [-0.3, -0.25) is 4.79 Å². The number of anilines is 2. The predicted molar refractivity (Wildman–Crippen MR) is 130 cm³/mol. The van der Waals surface area contributed by atoms with Gasteiger partial charge in [-0.05, 0) is 44.0 Å². The zero-order valence-electron chi connectivity index (χ0n) is 20.3. The molecular weight excluding hydrogens is 471 g/mol. The van der Waals surface area contributed by atoms with E-state index in [4.69, 9.17) is 5.26 Å². The maximum absolute atomic E-state index is 13.7. The highest BCUT2D eigenvalue weighted by Crippen LogP contribution is 2.32. The normalized spacial score (nSPS) is 19.1. The van der Waals surface area contributed by atoms with Crippen LogP contribution in [0, 0.1) is 17.2 Å². The predicted octanol–water partition coefficient (Wildman–Crippen LogP) is 2.69. The number of halogens is 3. The molecule has 1 amide bonds. The lowest BCUT2D eigenvalue weighted by Crippen LogP contribution is -2.46. The minimum Gasteiger partial charge on any atom is -0.355 e. The Bertz CT molecular complexity index is 1090. The van der Waals surface area contributed by atoms with Gasteiger partial charge in [0.05, 0.1) is 17.6 Å². The van der Waals surface area contributed by atoms with Crippen LogP contribution in [0.25, 0.3) is 0 Å². The zero-order valence-corrected chi connectivity index (χ0v) is 20.3. The second-order valence-corrected chi connectivity index (χ2v) is 9.33. The van der Waals surface area contributed by atoms with E-state index in [9.17, 15) is 18.0 Å². The third-order valence-corrected chi connectivity index (χ3v) is 6.69. The maximum Gasteiger partial charge on any atom is 0.433 e. The standard InChI is InChI=1S/C25H30F3N7O/c1-33-11-13-34(14-12-33)22-15-21(25(26,27)28)31-24(32-22)35-10-2-3-20(17-35)23(36)30-9-8-18-4-6-19(16-29)7-5-18/h4-7,15,20H,2-3,8-14,17H2,1H3,(H,30,36)/t20-/m1/s1. The van der Waals surface area contributed by atoms with Crippen molar-refractivity contribution >= 4 is 17.7 Å². The van der Waals surface area contributed by atoms with E-state index in [1.807, 2.05) is 24.1 Å². The molecule has 8 nitrogen and oxygen atoms in total. The molecular formula is C25H30F3N7O. The highest BCUT2D eigenvalue weighted by Gasteiger charge is 2.36. The van der Waals surface area contributed by atoms with Crippen LogP contribution in [0.1, 0.15) is 29.7 Å². The van der Waals surface area contributed by atoms with Gasteiger partial charge >= 0.3 is 6.18 Å². The Morgan fingerprint density at radius 1 is 1.11 bits per heavy atom. The Morgan fingerprint density at radius 3 is 2.50 bits per heavy atom. The van der Waals surface area contributed by atoms with Crippen LogP contribution in [-0.4, -0.2) is 73.6 Å². The Balaban J connectivity index is 1.42. The van der Waals surface area contributed by atoms with Crippen LogP contribution >= 0.6 is 0 Å². The summed E-state index contributed by atoms with van der Waals surface area (Å²) in [4.78, 5) is 26.8. The molecule has 0 spiro atoms. The smallest absolute Gasteiger partial charge is 0.355 e. The SMILES string of the molecule is CN1CCN(c2cc(C(F)(F)F)nc(N3CCC[C@@H](C(=O)NCCc4ccc(C#N)cc4)C3)n2)CC1. The van der Waals surface area contributed by atoms with Gasteiger partial charge < -0.3 is 20.0 Å². The first-order valence-electron chi connectivity index (χ1n) is 12.1. The second-order valence-electron chi connectivity index (χ2n) is 9.33. The van der Waals surface area contributed by atoms with Gasteiger partial charge in [-0.25, -0.2) is 4.98 Å². The molecule has 1 aromatic heterocycles. The fourth-order valence-electron chi connectivity index (χ4n) is 4.50. The molecule has 2 aromatic rings. The number of piperazine rings is 1. The van der Waals surface area contributed by atoms with E-state index in [0.717, 1.165) is 24.7 Å². The molecule has 2 fully saturated rings. The summed E-state index contributed by atoms with van der Waals surface area (Å²) in [7, 11) is 1.98. The molecule has 1 N–H and O–H groups in total. The van der Waals surface area contributed by atoms with Crippen LogP contribution in [0.15, 0.2) is 30.3 Å². The van der Waals surface area contributed by atoms with Crippen LogP contribution in [-0.2, 0) is 17.4 Å². The molecule has 1 aromatic carbocycles. The molecule has 0 radical (unpaired) electrons. The minimum atomic E-state index is -4.59. The number of nitrogens with one attached hydrogen (secondary N) is 1. The first kappa shape index (κ1) is 25.7. The van der Waals surface area contributed by atoms with Crippen molar-refractivity contribution in [2.75, 3.05) is 62.7 Å². The number of amides is 1. The summed E-state index contributed by atoms with van der Waals surface area (Å²) in [6.45, 7) is 3.88. The zero-order chi connectivity index (χ0) is 25.7. The van der Waals surface area contributed by atoms with E-state index in [1.165, 1.54) is 0 Å². The molecule has 0 aliphatic carbocycles. The van der Waals surface area contributed by atoms with Gasteiger partial charge in [0.25, 0.3) is 0 Å². The monoisotopic (exact) mass is 501 g/mol. The lowest BCUT2D eigenvalue weighted by atomic mass is 9.97. The molecule has 2 saturated heterocycles. The Labute approximate surface area is 208 Å². The minimum absolute atomic E-state index is 0.0221. The van der Waals surface area contributed by atoms with Crippen molar-refractivity contribution in [1.29, 1.82) is 5.26 Å². The van der Waals surface area contributed by atoms with Gasteiger partial charge in [0.1, 0.15) is 5.82 Å². The van der Waals surface area contributed by atoms with Crippen molar-refractivity contribution in [2.45, 2.75) is 25.4 Å². The van der Waals surface area contributed by atoms with Gasteiger partial charge in [0.15, 0.2) is 5.69 Å². The third-order valence-electron chi connectivity index (χ3n) is 6.69. The topological polar surface area (TPSA) is 88.4 Å². The summed E-state index contributed by atoms with van der Waals surface area (Å²) in [6.07, 6.45) is -2.64. The molecule has 2 aliphatic heterocycles. The van der Waals surface area contributed by atoms with Gasteiger partial charge in [0, 0.05) is 51.9 Å². The average molecular weight is 502 g/mol. The number of aromatic nitrogens is 2. The van der Waals surface area contributed by atoms with E-state index in [2.05, 4.69) is 26.3 Å². The van der Waals surface area contributed by atoms with Crippen molar-refractivity contribution in [3.05, 3.63) is 47.2 Å². The molecule has 2 aliphatic rings. The average Bonchev–Trinajstić information content (AvgIpc) is 2.89. The van der Waals surface area contributed by atoms with Crippen molar-refractivity contribution in [3.63, 3.8) is 0 Å². The summed E-state index contributed by atoms with van der Waals surface area (Å²) < 4.78 is 41.0. The summed E-state index contributed by atoms with van der Waals surface area (Å²) in [5, 5.41) is 11.8. The molecule has 3 heterocycles. The van der Waals surface area contributed by atoms with Gasteiger partial charge in [-0.15, -0.1) is 0 Å². The van der Waals surface area contributed by atoms with E-state index >= 15 is 0 Å². The summed E-state index contributed by atoms with van der Waals surface area (Å²) in [5.41, 5.74) is 0.626. The van der Waals surface area contributed by atoms with Crippen LogP contribution < -0.4 is 15.1 Å². The lowest BCUT2D eigenvalue weighted by molar-refractivity contribution is -0.141. The highest BCUT2D eigenvalue weighted by molar-refractivity contribution is 5.79. The molecule has 1 atom stereocenters. The van der Waals surface area contributed by atoms with Gasteiger partial charge in [0.2, 0.25) is 11.9 Å². The number of carbonyl (C=O) groups is 1. The van der Waals surface area contributed by atoms with Crippen molar-refractivity contribution in [1.82, 2.24) is 20.2 Å². The summed E-state index contributed by atoms with van der Waals surface area (Å²) in [6, 6.07) is 10.3. The van der Waals surface area contributed by atoms with Crippen molar-refractivity contribution < 1.29 is 18.0 Å². The lowest BCUT2D eigenvalue weighted by Gasteiger charge is -2.35. The van der Waals surface area contributed by atoms with E-state index in [0.29, 0.717) is 51.0 Å². The Morgan fingerprint density at radius 2 is 1.83 bits per heavy atom. The molecule has 11 heteroatoms. The molecule has 0 bridgehead atoms. The summed E-state index contributed by atoms with van der Waals surface area (Å²) in [5.74, 6) is -0.187. The number of alkyl halides is 3. The van der Waals surface area contributed by atoms with Gasteiger partial charge in [-0.1, -0.05) is 12.1 Å². The number of likely N-dealkylation sites (N-methyl/N-ethyl adjacent to an activating group) is 1. The van der Waals surface area contributed by atoms with E-state index in [-0.39, 0.29) is 30.1 Å². The number of piperidine rings is 1. The molecule has 0 saturated carbocycles. The van der Waals surface area contributed by atoms with Crippen molar-refractivity contribution in [3.8, 4) is 6.07 Å². The first-order valence-corrected chi connectivity index (χ1v) is 12.1. The molecule has 192 valence electrons. The molecule has 36 heavy (non-hydrogen) atoms. The number of nitrogens with zero attached hydrogens (tertiary/aromatic N) is 6. The number of hydrogen-bond acceptors (Lipinski definition) is 7. The van der Waals surface area contributed by atoms with Crippen LogP contribution in [0.3, 0.4) is 0 Å². The number of carbonyl (C=O) groups excluding carboxylic acids is 1. The van der Waals surface area contributed by atoms with Crippen molar-refractivity contribution in [2.24, 2.45) is 5.92 Å². The third kappa shape index (κ3) is 6.43. The van der Waals surface area contributed by atoms with Crippen LogP contribution in [0.4, 0.5) is 24.9 Å². The fraction of sp³-hybridized carbons (Fsp3) is 0.520. The number of hydrogen-bond donors (Lipinski definition) is 1. The summed E-state index contributed by atoms with van der Waals surface area (Å²) >= 11 is 0. The van der Waals surface area contributed by atoms with E-state index < -0.39 is 11.9 Å². The Kier molecular flexibility index (Phi) is 7.94. The maximum atomic E-state index is 13.7. The Hall–Kier alpha value is -3.39. The number of rotatable bonds is 6. The largest absolute Gasteiger partial charge is 0.433 e. The van der Waals surface area contributed by atoms with E-state index in [1.54, 1.807) is 17.0 Å². The van der Waals surface area contributed by atoms with Crippen LogP contribution in [0.5, 0.6) is 0 Å². The van der Waals surface area contributed by atoms with Gasteiger partial charge in [-0.2, -0.15) is 23.4 Å².